The molecule has 1 unspecified atom stereocenters. The van der Waals surface area contributed by atoms with E-state index in [2.05, 4.69) is 32.2 Å². The van der Waals surface area contributed by atoms with E-state index in [1.165, 1.54) is 27.5 Å². The molecule has 1 heterocycles. The van der Waals surface area contributed by atoms with Gasteiger partial charge in [0.05, 0.1) is 4.92 Å². The van der Waals surface area contributed by atoms with Gasteiger partial charge in [-0.15, -0.1) is 11.3 Å². The maximum atomic E-state index is 10.8. The normalized spacial score (nSPS) is 12.4. The fourth-order valence-electron chi connectivity index (χ4n) is 2.26. The molecule has 1 N–H and O–H groups in total. The molecule has 1 atom stereocenters. The van der Waals surface area contributed by atoms with E-state index in [9.17, 15) is 10.1 Å². The monoisotopic (exact) mass is 324 g/mol. The highest BCUT2D eigenvalue weighted by atomic mass is 35.5. The SMILES string of the molecule is Cc1cc(C(C)NCc2cc([N+](=O)[O-])ccc2Cl)c(C)s1. The van der Waals surface area contributed by atoms with Gasteiger partial charge in [0.2, 0.25) is 0 Å². The van der Waals surface area contributed by atoms with E-state index >= 15 is 0 Å². The summed E-state index contributed by atoms with van der Waals surface area (Å²) in [6, 6.07) is 6.86. The van der Waals surface area contributed by atoms with Gasteiger partial charge in [-0.25, -0.2) is 0 Å². The van der Waals surface area contributed by atoms with E-state index in [-0.39, 0.29) is 11.7 Å². The van der Waals surface area contributed by atoms with Crippen LogP contribution < -0.4 is 5.32 Å². The first-order valence-electron chi connectivity index (χ1n) is 6.61. The number of non-ortho nitro benzene ring substituents is 1. The van der Waals surface area contributed by atoms with Crippen molar-refractivity contribution in [1.82, 2.24) is 5.32 Å². The Labute approximate surface area is 132 Å². The molecule has 0 aliphatic heterocycles. The molecule has 2 rings (SSSR count). The number of nitrogens with one attached hydrogen (secondary N) is 1. The van der Waals surface area contributed by atoms with Crippen LogP contribution in [0.2, 0.25) is 5.02 Å². The second-order valence-corrected chi connectivity index (χ2v) is 6.87. The van der Waals surface area contributed by atoms with E-state index in [1.54, 1.807) is 17.4 Å². The third-order valence-electron chi connectivity index (χ3n) is 3.38. The molecule has 4 nitrogen and oxygen atoms in total. The largest absolute Gasteiger partial charge is 0.306 e. The number of hydrogen-bond donors (Lipinski definition) is 1. The first-order chi connectivity index (χ1) is 9.88. The van der Waals surface area contributed by atoms with Gasteiger partial charge in [-0.3, -0.25) is 10.1 Å². The van der Waals surface area contributed by atoms with Gasteiger partial charge in [0.1, 0.15) is 0 Å². The van der Waals surface area contributed by atoms with E-state index in [1.807, 2.05) is 0 Å². The topological polar surface area (TPSA) is 55.2 Å². The van der Waals surface area contributed by atoms with Crippen molar-refractivity contribution in [2.24, 2.45) is 0 Å². The number of halogens is 1. The van der Waals surface area contributed by atoms with E-state index in [0.717, 1.165) is 5.56 Å². The van der Waals surface area contributed by atoms with Crippen LogP contribution >= 0.6 is 22.9 Å². The summed E-state index contributed by atoms with van der Waals surface area (Å²) in [4.78, 5) is 13.0. The van der Waals surface area contributed by atoms with Crippen LogP contribution in [-0.4, -0.2) is 4.92 Å². The van der Waals surface area contributed by atoms with E-state index < -0.39 is 4.92 Å². The smallest absolute Gasteiger partial charge is 0.269 e. The van der Waals surface area contributed by atoms with Gasteiger partial charge in [0.25, 0.3) is 5.69 Å². The lowest BCUT2D eigenvalue weighted by Gasteiger charge is -2.14. The maximum absolute atomic E-state index is 10.8. The second-order valence-electron chi connectivity index (χ2n) is 5.00. The molecule has 2 aromatic rings. The molecule has 0 saturated carbocycles. The number of benzene rings is 1. The van der Waals surface area contributed by atoms with Crippen molar-refractivity contribution >= 4 is 28.6 Å². The van der Waals surface area contributed by atoms with Crippen LogP contribution in [-0.2, 0) is 6.54 Å². The molecule has 0 aliphatic carbocycles. The summed E-state index contributed by atoms with van der Waals surface area (Å²) in [6.07, 6.45) is 0. The van der Waals surface area contributed by atoms with E-state index in [0.29, 0.717) is 11.6 Å². The Morgan fingerprint density at radius 2 is 2.10 bits per heavy atom. The molecular weight excluding hydrogens is 308 g/mol. The predicted molar refractivity (Wildman–Crippen MR) is 87.2 cm³/mol. The van der Waals surface area contributed by atoms with Crippen LogP contribution in [0.1, 0.15) is 33.8 Å². The molecular formula is C15H17ClN2O2S. The molecule has 0 saturated heterocycles. The van der Waals surface area contributed by atoms with E-state index in [4.69, 9.17) is 11.6 Å². The van der Waals surface area contributed by atoms with Gasteiger partial charge in [0.15, 0.2) is 0 Å². The van der Waals surface area contributed by atoms with Crippen LogP contribution in [0.3, 0.4) is 0 Å². The maximum Gasteiger partial charge on any atom is 0.269 e. The summed E-state index contributed by atoms with van der Waals surface area (Å²) < 4.78 is 0. The Bertz CT molecular complexity index is 670. The van der Waals surface area contributed by atoms with Crippen LogP contribution in [0.5, 0.6) is 0 Å². The van der Waals surface area contributed by atoms with Crippen molar-refractivity contribution in [3.8, 4) is 0 Å². The minimum atomic E-state index is -0.407. The molecule has 0 spiro atoms. The molecule has 1 aromatic carbocycles. The summed E-state index contributed by atoms with van der Waals surface area (Å²) in [7, 11) is 0. The van der Waals surface area contributed by atoms with Crippen molar-refractivity contribution in [3.05, 3.63) is 60.3 Å². The quantitative estimate of drug-likeness (QED) is 0.636. The van der Waals surface area contributed by atoms with Gasteiger partial charge in [-0.1, -0.05) is 11.6 Å². The van der Waals surface area contributed by atoms with Crippen LogP contribution in [0, 0.1) is 24.0 Å². The molecule has 0 radical (unpaired) electrons. The molecule has 6 heteroatoms. The third kappa shape index (κ3) is 3.81. The zero-order valence-electron chi connectivity index (χ0n) is 12.1. The minimum absolute atomic E-state index is 0.0615. The highest BCUT2D eigenvalue weighted by molar-refractivity contribution is 7.12. The first kappa shape index (κ1) is 15.9. The average molecular weight is 325 g/mol. The van der Waals surface area contributed by atoms with Crippen LogP contribution in [0.4, 0.5) is 5.69 Å². The summed E-state index contributed by atoms with van der Waals surface area (Å²) in [6.45, 7) is 6.77. The standard InChI is InChI=1S/C15H17ClN2O2S/c1-9-6-14(11(3)21-9)10(2)17-8-12-7-13(18(19)20)4-5-15(12)16/h4-7,10,17H,8H2,1-3H3. The minimum Gasteiger partial charge on any atom is -0.306 e. The molecule has 112 valence electrons. The number of nitro groups is 1. The fourth-order valence-corrected chi connectivity index (χ4v) is 3.47. The summed E-state index contributed by atoms with van der Waals surface area (Å²) in [5.74, 6) is 0. The Hall–Kier alpha value is -1.43. The zero-order chi connectivity index (χ0) is 15.6. The van der Waals surface area contributed by atoms with Gasteiger partial charge < -0.3 is 5.32 Å². The molecule has 0 fully saturated rings. The third-order valence-corrected chi connectivity index (χ3v) is 4.74. The number of nitrogens with zero attached hydrogens (tertiary/aromatic N) is 1. The molecule has 0 bridgehead atoms. The molecule has 0 aliphatic rings. The lowest BCUT2D eigenvalue weighted by molar-refractivity contribution is -0.384. The van der Waals surface area contributed by atoms with Crippen molar-refractivity contribution in [3.63, 3.8) is 0 Å². The van der Waals surface area contributed by atoms with Crippen LogP contribution in [0.15, 0.2) is 24.3 Å². The average Bonchev–Trinajstić information content (AvgIpc) is 2.76. The lowest BCUT2D eigenvalue weighted by atomic mass is 10.1. The molecule has 1 aromatic heterocycles. The fraction of sp³-hybridized carbons (Fsp3) is 0.333. The van der Waals surface area contributed by atoms with Gasteiger partial charge >= 0.3 is 0 Å². The first-order valence-corrected chi connectivity index (χ1v) is 7.81. The van der Waals surface area contributed by atoms with Crippen molar-refractivity contribution in [2.45, 2.75) is 33.4 Å². The Morgan fingerprint density at radius 1 is 1.38 bits per heavy atom. The number of hydrogen-bond acceptors (Lipinski definition) is 4. The summed E-state index contributed by atoms with van der Waals surface area (Å²) in [5.41, 5.74) is 2.06. The number of thiophene rings is 1. The predicted octanol–water partition coefficient (Wildman–Crippen LogP) is 4.78. The summed E-state index contributed by atoms with van der Waals surface area (Å²) >= 11 is 7.88. The molecule has 21 heavy (non-hydrogen) atoms. The van der Waals surface area contributed by atoms with Crippen molar-refractivity contribution in [1.29, 1.82) is 0 Å². The Morgan fingerprint density at radius 3 is 2.67 bits per heavy atom. The second kappa shape index (κ2) is 6.56. The Balaban J connectivity index is 2.11. The van der Waals surface area contributed by atoms with Gasteiger partial charge in [-0.2, -0.15) is 0 Å². The summed E-state index contributed by atoms with van der Waals surface area (Å²) in [5, 5.41) is 14.7. The van der Waals surface area contributed by atoms with Crippen LogP contribution in [0.25, 0.3) is 0 Å². The van der Waals surface area contributed by atoms with Gasteiger partial charge in [0, 0.05) is 39.5 Å². The zero-order valence-corrected chi connectivity index (χ0v) is 13.7. The lowest BCUT2D eigenvalue weighted by Crippen LogP contribution is -2.18. The highest BCUT2D eigenvalue weighted by Crippen LogP contribution is 2.27. The number of aryl methyl sites for hydroxylation is 2. The number of nitro benzene ring substituents is 1. The Kier molecular flexibility index (Phi) is 4.98. The van der Waals surface area contributed by atoms with Crippen molar-refractivity contribution in [2.75, 3.05) is 0 Å². The number of rotatable bonds is 5. The van der Waals surface area contributed by atoms with Gasteiger partial charge in [-0.05, 0) is 44.0 Å². The van der Waals surface area contributed by atoms with Crippen molar-refractivity contribution < 1.29 is 4.92 Å². The molecule has 0 amide bonds. The highest BCUT2D eigenvalue weighted by Gasteiger charge is 2.13.